The van der Waals surface area contributed by atoms with Crippen molar-refractivity contribution in [2.75, 3.05) is 6.61 Å². The van der Waals surface area contributed by atoms with E-state index >= 15 is 0 Å². The van der Waals surface area contributed by atoms with E-state index in [1.165, 1.54) is 0 Å². The van der Waals surface area contributed by atoms with Gasteiger partial charge in [0.15, 0.2) is 5.82 Å². The second-order valence-corrected chi connectivity index (χ2v) is 3.87. The second kappa shape index (κ2) is 7.10. The molecule has 0 fully saturated rings. The van der Waals surface area contributed by atoms with E-state index in [-0.39, 0.29) is 12.5 Å². The van der Waals surface area contributed by atoms with Crippen LogP contribution < -0.4 is 10.1 Å². The summed E-state index contributed by atoms with van der Waals surface area (Å²) in [5.74, 6) is 1.23. The number of benzene rings is 1. The number of hydrogen-bond donors (Lipinski definition) is 2. The molecular weight excluding hydrogens is 246 g/mol. The fraction of sp³-hybridized carbons (Fsp3) is 0.333. The molecule has 7 nitrogen and oxygen atoms in total. The first-order valence-electron chi connectivity index (χ1n) is 6.01. The van der Waals surface area contributed by atoms with Crippen molar-refractivity contribution >= 4 is 5.91 Å². The third-order valence-electron chi connectivity index (χ3n) is 2.39. The molecule has 0 atom stereocenters. The maximum atomic E-state index is 11.5. The van der Waals surface area contributed by atoms with Crippen LogP contribution in [-0.4, -0.2) is 33.1 Å². The molecule has 1 aromatic carbocycles. The highest BCUT2D eigenvalue weighted by Crippen LogP contribution is 2.08. The van der Waals surface area contributed by atoms with Gasteiger partial charge in [-0.1, -0.05) is 23.4 Å². The van der Waals surface area contributed by atoms with Gasteiger partial charge in [0.1, 0.15) is 5.75 Å². The lowest BCUT2D eigenvalue weighted by Gasteiger charge is -2.05. The van der Waals surface area contributed by atoms with Gasteiger partial charge in [-0.25, -0.2) is 0 Å². The molecule has 7 heteroatoms. The topological polar surface area (TPSA) is 92.8 Å². The van der Waals surface area contributed by atoms with Crippen molar-refractivity contribution in [3.05, 3.63) is 36.2 Å². The Labute approximate surface area is 110 Å². The summed E-state index contributed by atoms with van der Waals surface area (Å²) < 4.78 is 5.49. The van der Waals surface area contributed by atoms with Gasteiger partial charge in [0, 0.05) is 6.42 Å². The zero-order valence-corrected chi connectivity index (χ0v) is 10.4. The van der Waals surface area contributed by atoms with Gasteiger partial charge < -0.3 is 10.1 Å². The first-order chi connectivity index (χ1) is 9.34. The lowest BCUT2D eigenvalue weighted by Crippen LogP contribution is -2.23. The number of rotatable bonds is 7. The van der Waals surface area contributed by atoms with Crippen LogP contribution in [0.2, 0.25) is 0 Å². The molecular formula is C12H15N5O2. The van der Waals surface area contributed by atoms with Gasteiger partial charge >= 0.3 is 0 Å². The third kappa shape index (κ3) is 4.74. The van der Waals surface area contributed by atoms with Crippen molar-refractivity contribution in [2.45, 2.75) is 19.4 Å². The highest BCUT2D eigenvalue weighted by atomic mass is 16.5. The largest absolute Gasteiger partial charge is 0.494 e. The number of para-hydroxylation sites is 1. The molecule has 0 radical (unpaired) electrons. The quantitative estimate of drug-likeness (QED) is 0.715. The van der Waals surface area contributed by atoms with Crippen molar-refractivity contribution in [1.29, 1.82) is 0 Å². The Morgan fingerprint density at radius 2 is 2.16 bits per heavy atom. The molecule has 0 aliphatic carbocycles. The van der Waals surface area contributed by atoms with Gasteiger partial charge in [0.25, 0.3) is 0 Å². The molecule has 0 unspecified atom stereocenters. The highest BCUT2D eigenvalue weighted by Gasteiger charge is 2.03. The van der Waals surface area contributed by atoms with Crippen LogP contribution in [0.4, 0.5) is 0 Å². The summed E-state index contributed by atoms with van der Waals surface area (Å²) in [4.78, 5) is 11.5. The number of aromatic nitrogens is 4. The van der Waals surface area contributed by atoms with Crippen LogP contribution in [0.5, 0.6) is 5.75 Å². The summed E-state index contributed by atoms with van der Waals surface area (Å²) in [5.41, 5.74) is 0. The Hall–Kier alpha value is -2.44. The first-order valence-corrected chi connectivity index (χ1v) is 6.01. The Bertz CT molecular complexity index is 486. The second-order valence-electron chi connectivity index (χ2n) is 3.87. The van der Waals surface area contributed by atoms with Crippen LogP contribution in [-0.2, 0) is 11.3 Å². The molecule has 2 aromatic rings. The van der Waals surface area contributed by atoms with Gasteiger partial charge in [0.05, 0.1) is 13.2 Å². The standard InChI is InChI=1S/C12H15N5O2/c18-12(13-9-11-14-16-17-15-11)7-4-8-19-10-5-2-1-3-6-10/h1-3,5-6H,4,7-9H2,(H,13,18)(H,14,15,16,17). The molecule has 0 aliphatic heterocycles. The van der Waals surface area contributed by atoms with E-state index in [9.17, 15) is 4.79 Å². The Balaban J connectivity index is 1.57. The van der Waals surface area contributed by atoms with E-state index in [4.69, 9.17) is 4.74 Å². The van der Waals surface area contributed by atoms with Crippen LogP contribution in [0, 0.1) is 0 Å². The summed E-state index contributed by atoms with van der Waals surface area (Å²) in [7, 11) is 0. The predicted octanol–water partition coefficient (Wildman–Crippen LogP) is 0.675. The Morgan fingerprint density at radius 3 is 2.89 bits per heavy atom. The predicted molar refractivity (Wildman–Crippen MR) is 67.2 cm³/mol. The SMILES string of the molecule is O=C(CCCOc1ccccc1)NCc1nn[nH]n1. The van der Waals surface area contributed by atoms with Crippen LogP contribution in [0.1, 0.15) is 18.7 Å². The average molecular weight is 261 g/mol. The van der Waals surface area contributed by atoms with Crippen molar-refractivity contribution < 1.29 is 9.53 Å². The molecule has 1 aromatic heterocycles. The number of hydrogen-bond acceptors (Lipinski definition) is 5. The van der Waals surface area contributed by atoms with E-state index in [0.717, 1.165) is 5.75 Å². The summed E-state index contributed by atoms with van der Waals surface area (Å²) in [6.45, 7) is 0.800. The van der Waals surface area contributed by atoms with Gasteiger partial charge in [-0.2, -0.15) is 5.21 Å². The van der Waals surface area contributed by atoms with E-state index in [1.807, 2.05) is 30.3 Å². The number of nitrogens with zero attached hydrogens (tertiary/aromatic N) is 3. The summed E-state index contributed by atoms with van der Waals surface area (Å²) in [6, 6.07) is 9.52. The molecule has 0 saturated carbocycles. The van der Waals surface area contributed by atoms with Gasteiger partial charge in [-0.05, 0) is 18.6 Å². The lowest BCUT2D eigenvalue weighted by molar-refractivity contribution is -0.121. The van der Waals surface area contributed by atoms with E-state index in [2.05, 4.69) is 25.9 Å². The molecule has 19 heavy (non-hydrogen) atoms. The highest BCUT2D eigenvalue weighted by molar-refractivity contribution is 5.75. The molecule has 100 valence electrons. The van der Waals surface area contributed by atoms with Gasteiger partial charge in [-0.3, -0.25) is 4.79 Å². The molecule has 1 amide bonds. The number of amides is 1. The molecule has 2 rings (SSSR count). The first kappa shape index (κ1) is 13.0. The zero-order chi connectivity index (χ0) is 13.3. The molecule has 0 aliphatic rings. The Morgan fingerprint density at radius 1 is 1.32 bits per heavy atom. The summed E-state index contributed by atoms with van der Waals surface area (Å²) in [6.07, 6.45) is 1.07. The molecule has 0 spiro atoms. The number of tetrazole rings is 1. The number of H-pyrrole nitrogens is 1. The number of aromatic amines is 1. The molecule has 1 heterocycles. The summed E-state index contributed by atoms with van der Waals surface area (Å²) in [5, 5.41) is 15.9. The maximum absolute atomic E-state index is 11.5. The minimum absolute atomic E-state index is 0.0542. The number of carbonyl (C=O) groups is 1. The lowest BCUT2D eigenvalue weighted by atomic mass is 10.3. The molecule has 2 N–H and O–H groups in total. The average Bonchev–Trinajstić information content (AvgIpc) is 2.96. The van der Waals surface area contributed by atoms with Gasteiger partial charge in [0.2, 0.25) is 5.91 Å². The van der Waals surface area contributed by atoms with Crippen molar-refractivity contribution in [3.63, 3.8) is 0 Å². The minimum Gasteiger partial charge on any atom is -0.494 e. The normalized spacial score (nSPS) is 10.1. The van der Waals surface area contributed by atoms with Gasteiger partial charge in [-0.15, -0.1) is 10.2 Å². The monoisotopic (exact) mass is 261 g/mol. The maximum Gasteiger partial charge on any atom is 0.220 e. The zero-order valence-electron chi connectivity index (χ0n) is 10.4. The third-order valence-corrected chi connectivity index (χ3v) is 2.39. The number of carbonyl (C=O) groups excluding carboxylic acids is 1. The van der Waals surface area contributed by atoms with Crippen molar-refractivity contribution in [2.24, 2.45) is 0 Å². The fourth-order valence-corrected chi connectivity index (χ4v) is 1.46. The summed E-state index contributed by atoms with van der Waals surface area (Å²) >= 11 is 0. The molecule has 0 bridgehead atoms. The Kier molecular flexibility index (Phi) is 4.86. The van der Waals surface area contributed by atoms with Crippen molar-refractivity contribution in [1.82, 2.24) is 25.9 Å². The van der Waals surface area contributed by atoms with E-state index in [0.29, 0.717) is 25.3 Å². The van der Waals surface area contributed by atoms with Crippen LogP contribution in [0.25, 0.3) is 0 Å². The minimum atomic E-state index is -0.0542. The smallest absolute Gasteiger partial charge is 0.220 e. The number of nitrogens with one attached hydrogen (secondary N) is 2. The number of ether oxygens (including phenoxy) is 1. The molecule has 0 saturated heterocycles. The van der Waals surface area contributed by atoms with E-state index < -0.39 is 0 Å². The fourth-order valence-electron chi connectivity index (χ4n) is 1.46. The van der Waals surface area contributed by atoms with Crippen LogP contribution in [0.15, 0.2) is 30.3 Å². The van der Waals surface area contributed by atoms with Crippen molar-refractivity contribution in [3.8, 4) is 5.75 Å². The van der Waals surface area contributed by atoms with Crippen LogP contribution >= 0.6 is 0 Å². The van der Waals surface area contributed by atoms with Crippen LogP contribution in [0.3, 0.4) is 0 Å². The van der Waals surface area contributed by atoms with E-state index in [1.54, 1.807) is 0 Å².